The van der Waals surface area contributed by atoms with Crippen LogP contribution in [0.3, 0.4) is 0 Å². The van der Waals surface area contributed by atoms with E-state index in [0.29, 0.717) is 38.0 Å². The van der Waals surface area contributed by atoms with Crippen LogP contribution in [-0.4, -0.2) is 19.5 Å². The summed E-state index contributed by atoms with van der Waals surface area (Å²) in [4.78, 5) is 40.3. The Balaban J connectivity index is 1.64. The van der Waals surface area contributed by atoms with Crippen LogP contribution in [0.25, 0.3) is 26.8 Å². The average Bonchev–Trinajstić information content (AvgIpc) is 3.06. The van der Waals surface area contributed by atoms with Gasteiger partial charge in [0.05, 0.1) is 27.7 Å². The number of halogens is 1. The number of benzene rings is 2. The molecule has 9 heteroatoms. The molecule has 5 rings (SSSR count). The first-order chi connectivity index (χ1) is 15.8. The highest BCUT2D eigenvalue weighted by molar-refractivity contribution is 7.98. The largest absolute Gasteiger partial charge is 0.309 e. The topological polar surface area (TPSA) is 80.6 Å². The van der Waals surface area contributed by atoms with E-state index in [0.717, 1.165) is 26.5 Å². The van der Waals surface area contributed by atoms with Gasteiger partial charge in [-0.2, -0.15) is 0 Å². The highest BCUT2D eigenvalue weighted by atomic mass is 35.5. The van der Waals surface area contributed by atoms with E-state index < -0.39 is 0 Å². The fraction of sp³-hybridized carbons (Fsp3) is 0.167. The lowest BCUT2D eigenvalue weighted by Gasteiger charge is -2.15. The van der Waals surface area contributed by atoms with E-state index in [1.165, 1.54) is 23.1 Å². The Morgan fingerprint density at radius 2 is 1.88 bits per heavy atom. The minimum atomic E-state index is -0.171. The second kappa shape index (κ2) is 8.44. The summed E-state index contributed by atoms with van der Waals surface area (Å²) in [6.45, 7) is 5.88. The zero-order valence-corrected chi connectivity index (χ0v) is 20.5. The second-order valence-corrected chi connectivity index (χ2v) is 10.3. The van der Waals surface area contributed by atoms with Crippen molar-refractivity contribution in [3.8, 4) is 5.69 Å². The third-order valence-corrected chi connectivity index (χ3v) is 7.87. The van der Waals surface area contributed by atoms with Crippen LogP contribution in [-0.2, 0) is 5.75 Å². The minimum Gasteiger partial charge on any atom is -0.309 e. The quantitative estimate of drug-likeness (QED) is 0.261. The standard InChI is InChI=1S/C24H19ClN4O2S2/c1-12-6-4-5-7-18(12)29-23(31)16-9-8-15(25)10-17(16)26-24(29)32-11-19-27-21(30)20-13(2)14(3)33-22(20)28-19/h4-10H,11H2,1-3H3,(H,27,28,30). The number of aromatic amines is 1. The highest BCUT2D eigenvalue weighted by Crippen LogP contribution is 2.28. The van der Waals surface area contributed by atoms with Crippen molar-refractivity contribution < 1.29 is 0 Å². The lowest BCUT2D eigenvalue weighted by molar-refractivity contribution is 0.813. The van der Waals surface area contributed by atoms with Crippen molar-refractivity contribution in [2.45, 2.75) is 31.7 Å². The number of aromatic nitrogens is 4. The molecule has 33 heavy (non-hydrogen) atoms. The molecule has 0 spiro atoms. The van der Waals surface area contributed by atoms with Crippen LogP contribution in [0.15, 0.2) is 57.2 Å². The number of hydrogen-bond donors (Lipinski definition) is 1. The van der Waals surface area contributed by atoms with Gasteiger partial charge < -0.3 is 4.98 Å². The van der Waals surface area contributed by atoms with E-state index in [4.69, 9.17) is 16.6 Å². The third kappa shape index (κ3) is 3.88. The molecule has 5 aromatic rings. The molecule has 3 aromatic heterocycles. The van der Waals surface area contributed by atoms with Crippen LogP contribution in [0, 0.1) is 20.8 Å². The number of H-pyrrole nitrogens is 1. The Hall–Kier alpha value is -2.94. The van der Waals surface area contributed by atoms with Gasteiger partial charge >= 0.3 is 0 Å². The fourth-order valence-corrected chi connectivity index (χ4v) is 5.85. The summed E-state index contributed by atoms with van der Waals surface area (Å²) in [5.41, 5.74) is 2.89. The minimum absolute atomic E-state index is 0.146. The molecule has 0 amide bonds. The molecule has 0 unspecified atom stereocenters. The number of aryl methyl sites for hydroxylation is 3. The number of hydrogen-bond acceptors (Lipinski definition) is 6. The molecule has 0 atom stereocenters. The molecule has 0 aliphatic rings. The summed E-state index contributed by atoms with van der Waals surface area (Å²) in [6, 6.07) is 12.8. The molecule has 2 aromatic carbocycles. The van der Waals surface area contributed by atoms with Gasteiger partial charge in [-0.25, -0.2) is 9.97 Å². The highest BCUT2D eigenvalue weighted by Gasteiger charge is 2.17. The Morgan fingerprint density at radius 3 is 2.67 bits per heavy atom. The SMILES string of the molecule is Cc1ccccc1-n1c(SCc2nc3sc(C)c(C)c3c(=O)[nH]2)nc2cc(Cl)ccc2c1=O. The predicted molar refractivity (Wildman–Crippen MR) is 136 cm³/mol. The lowest BCUT2D eigenvalue weighted by atomic mass is 10.2. The molecule has 0 aliphatic heterocycles. The normalized spacial score (nSPS) is 11.5. The van der Waals surface area contributed by atoms with Crippen molar-refractivity contribution in [2.75, 3.05) is 0 Å². The van der Waals surface area contributed by atoms with Gasteiger partial charge in [-0.15, -0.1) is 11.3 Å². The van der Waals surface area contributed by atoms with Gasteiger partial charge in [0.2, 0.25) is 0 Å². The maximum atomic E-state index is 13.5. The maximum Gasteiger partial charge on any atom is 0.266 e. The summed E-state index contributed by atoms with van der Waals surface area (Å²) < 4.78 is 1.62. The summed E-state index contributed by atoms with van der Waals surface area (Å²) in [5, 5.41) is 2.15. The van der Waals surface area contributed by atoms with Crippen LogP contribution in [0.4, 0.5) is 0 Å². The number of nitrogens with zero attached hydrogens (tertiary/aromatic N) is 3. The average molecular weight is 495 g/mol. The molecular weight excluding hydrogens is 476 g/mol. The van der Waals surface area contributed by atoms with Crippen LogP contribution in [0.1, 0.15) is 21.8 Å². The van der Waals surface area contributed by atoms with Gasteiger partial charge in [0.1, 0.15) is 10.7 Å². The van der Waals surface area contributed by atoms with E-state index in [1.54, 1.807) is 22.8 Å². The van der Waals surface area contributed by atoms with Gasteiger partial charge in [0.15, 0.2) is 5.16 Å². The third-order valence-electron chi connectivity index (χ3n) is 5.58. The first-order valence-corrected chi connectivity index (χ1v) is 12.4. The Kier molecular flexibility index (Phi) is 5.60. The van der Waals surface area contributed by atoms with Crippen LogP contribution in [0.2, 0.25) is 5.02 Å². The molecule has 6 nitrogen and oxygen atoms in total. The van der Waals surface area contributed by atoms with E-state index in [2.05, 4.69) is 9.97 Å². The van der Waals surface area contributed by atoms with Crippen molar-refractivity contribution in [2.24, 2.45) is 0 Å². The monoisotopic (exact) mass is 494 g/mol. The summed E-state index contributed by atoms with van der Waals surface area (Å²) >= 11 is 9.02. The van der Waals surface area contributed by atoms with Gasteiger partial charge in [-0.05, 0) is 56.2 Å². The summed E-state index contributed by atoms with van der Waals surface area (Å²) in [7, 11) is 0. The molecule has 3 heterocycles. The summed E-state index contributed by atoms with van der Waals surface area (Å²) in [5.74, 6) is 0.890. The summed E-state index contributed by atoms with van der Waals surface area (Å²) in [6.07, 6.45) is 0. The molecule has 0 radical (unpaired) electrons. The second-order valence-electron chi connectivity index (χ2n) is 7.75. The Bertz CT molecular complexity index is 1670. The van der Waals surface area contributed by atoms with Crippen molar-refractivity contribution >= 4 is 55.8 Å². The Morgan fingerprint density at radius 1 is 1.09 bits per heavy atom. The van der Waals surface area contributed by atoms with E-state index >= 15 is 0 Å². The van der Waals surface area contributed by atoms with Gasteiger partial charge in [0.25, 0.3) is 11.1 Å². The zero-order chi connectivity index (χ0) is 23.3. The first-order valence-electron chi connectivity index (χ1n) is 10.2. The van der Waals surface area contributed by atoms with Gasteiger partial charge in [-0.3, -0.25) is 14.2 Å². The molecule has 0 saturated carbocycles. The molecule has 0 fully saturated rings. The van der Waals surface area contributed by atoms with Crippen LogP contribution < -0.4 is 11.1 Å². The van der Waals surface area contributed by atoms with Crippen LogP contribution >= 0.6 is 34.7 Å². The molecule has 0 saturated heterocycles. The van der Waals surface area contributed by atoms with Crippen molar-refractivity contribution in [3.05, 3.63) is 90.0 Å². The molecule has 166 valence electrons. The van der Waals surface area contributed by atoms with Crippen molar-refractivity contribution in [1.29, 1.82) is 0 Å². The molecule has 0 aliphatic carbocycles. The molecule has 0 bridgehead atoms. The van der Waals surface area contributed by atoms with Gasteiger partial charge in [0, 0.05) is 9.90 Å². The number of para-hydroxylation sites is 1. The number of thiophene rings is 1. The number of nitrogens with one attached hydrogen (secondary N) is 1. The van der Waals surface area contributed by atoms with Crippen molar-refractivity contribution in [3.63, 3.8) is 0 Å². The number of fused-ring (bicyclic) bond motifs is 2. The number of thioether (sulfide) groups is 1. The number of rotatable bonds is 4. The predicted octanol–water partition coefficient (Wildman–Crippen LogP) is 5.55. The fourth-order valence-electron chi connectivity index (χ4n) is 3.76. The van der Waals surface area contributed by atoms with Crippen molar-refractivity contribution in [1.82, 2.24) is 19.5 Å². The van der Waals surface area contributed by atoms with Gasteiger partial charge in [-0.1, -0.05) is 41.6 Å². The van der Waals surface area contributed by atoms with Crippen LogP contribution in [0.5, 0.6) is 0 Å². The van der Waals surface area contributed by atoms with E-state index in [-0.39, 0.29) is 11.1 Å². The Labute approximate surface area is 202 Å². The van der Waals surface area contributed by atoms with E-state index in [1.807, 2.05) is 45.0 Å². The van der Waals surface area contributed by atoms with E-state index in [9.17, 15) is 9.59 Å². The zero-order valence-electron chi connectivity index (χ0n) is 18.1. The lowest BCUT2D eigenvalue weighted by Crippen LogP contribution is -2.22. The smallest absolute Gasteiger partial charge is 0.266 e. The molecular formula is C24H19ClN4O2S2. The molecule has 1 N–H and O–H groups in total. The first kappa shape index (κ1) is 21.9. The maximum absolute atomic E-state index is 13.5.